The zero-order valence-corrected chi connectivity index (χ0v) is 22.9. The molecule has 0 bridgehead atoms. The molecule has 1 heteroatoms. The molecule has 158 valence electrons. The van der Waals surface area contributed by atoms with Crippen LogP contribution in [0.15, 0.2) is 22.3 Å². The van der Waals surface area contributed by atoms with Crippen molar-refractivity contribution in [2.24, 2.45) is 23.7 Å². The Hall–Kier alpha value is 0.363. The fourth-order valence-corrected chi connectivity index (χ4v) is 4.43. The van der Waals surface area contributed by atoms with E-state index in [9.17, 15) is 0 Å². The van der Waals surface area contributed by atoms with Crippen LogP contribution in [0.1, 0.15) is 93.4 Å². The summed E-state index contributed by atoms with van der Waals surface area (Å²) in [5, 5.41) is 0. The summed E-state index contributed by atoms with van der Waals surface area (Å²) in [7, 11) is 0. The molecule has 3 rings (SSSR count). The SMILES string of the molecule is C1CCCC1.CC1=C(C)C(C)C2C1=C(C)C(C)C2C.[CH2-]CCC.[CH3-].[CH3-].[CH3-].[Zr+4]. The molecule has 0 aromatic carbocycles. The van der Waals surface area contributed by atoms with Crippen LogP contribution in [-0.2, 0) is 26.2 Å². The molecule has 27 heavy (non-hydrogen) atoms. The molecule has 1 saturated carbocycles. The summed E-state index contributed by atoms with van der Waals surface area (Å²) in [5.41, 5.74) is 6.58. The van der Waals surface area contributed by atoms with Gasteiger partial charge < -0.3 is 29.2 Å². The van der Waals surface area contributed by atoms with Gasteiger partial charge in [-0.15, -0.1) is 0 Å². The average molecular weight is 454 g/mol. The van der Waals surface area contributed by atoms with Crippen LogP contribution in [-0.4, -0.2) is 0 Å². The van der Waals surface area contributed by atoms with Gasteiger partial charge in [0.25, 0.3) is 0 Å². The maximum atomic E-state index is 3.60. The molecule has 0 N–H and O–H groups in total. The monoisotopic (exact) mass is 452 g/mol. The van der Waals surface area contributed by atoms with Crippen molar-refractivity contribution in [2.45, 2.75) is 93.4 Å². The van der Waals surface area contributed by atoms with Gasteiger partial charge in [0, 0.05) is 0 Å². The van der Waals surface area contributed by atoms with Crippen LogP contribution in [0.3, 0.4) is 0 Å². The number of allylic oxidation sites excluding steroid dienone is 4. The molecule has 0 saturated heterocycles. The summed E-state index contributed by atoms with van der Waals surface area (Å²) in [6.45, 7) is 19.9. The molecule has 0 spiro atoms. The fraction of sp³-hybridized carbons (Fsp3) is 0.692. The van der Waals surface area contributed by atoms with Gasteiger partial charge in [0.1, 0.15) is 0 Å². The second kappa shape index (κ2) is 17.2. The molecule has 0 radical (unpaired) electrons. The Balaban J connectivity index is -0.000000174. The van der Waals surface area contributed by atoms with Crippen LogP contribution >= 0.6 is 0 Å². The van der Waals surface area contributed by atoms with Gasteiger partial charge in [0.15, 0.2) is 0 Å². The molecule has 0 heterocycles. The molecule has 0 aliphatic heterocycles. The summed E-state index contributed by atoms with van der Waals surface area (Å²) in [6, 6.07) is 0. The van der Waals surface area contributed by atoms with Crippen LogP contribution in [0.4, 0.5) is 0 Å². The summed E-state index contributed by atoms with van der Waals surface area (Å²) < 4.78 is 0. The minimum atomic E-state index is 0. The Labute approximate surface area is 194 Å². The Kier molecular flexibility index (Phi) is 22.2. The number of fused-ring (bicyclic) bond motifs is 1. The standard InChI is InChI=1S/C14H22.C5H10.C4H9.3CH3.Zr/c1-7-9(3)13-11(5)8(2)12(6)14(13)10(7)4;1-2-4-5-3-1;1-3-4-2;;;;/h7,9,11,13H,1-6H3;1-5H2;1,3-4H2,2H3;3*1H3;/q;;4*-1;+4. The first-order valence-electron chi connectivity index (χ1n) is 10.1. The van der Waals surface area contributed by atoms with E-state index in [0.29, 0.717) is 0 Å². The van der Waals surface area contributed by atoms with Gasteiger partial charge in [-0.1, -0.05) is 77.4 Å². The molecule has 3 aliphatic rings. The van der Waals surface area contributed by atoms with Crippen molar-refractivity contribution in [1.82, 2.24) is 0 Å². The minimum Gasteiger partial charge on any atom is -0.358 e. The van der Waals surface area contributed by atoms with E-state index in [4.69, 9.17) is 0 Å². The molecule has 0 aromatic rings. The third-order valence-electron chi connectivity index (χ3n) is 6.62. The summed E-state index contributed by atoms with van der Waals surface area (Å²) in [4.78, 5) is 0. The van der Waals surface area contributed by atoms with E-state index in [0.717, 1.165) is 30.1 Å². The minimum absolute atomic E-state index is 0. The zero-order valence-electron chi connectivity index (χ0n) is 20.5. The van der Waals surface area contributed by atoms with E-state index in [1.165, 1.54) is 38.5 Å². The molecular weight excluding hydrogens is 404 g/mol. The number of hydrogen-bond acceptors (Lipinski definition) is 0. The molecule has 0 nitrogen and oxygen atoms in total. The van der Waals surface area contributed by atoms with Crippen molar-refractivity contribution in [3.05, 3.63) is 51.5 Å². The fourth-order valence-electron chi connectivity index (χ4n) is 4.43. The largest absolute Gasteiger partial charge is 4.00 e. The van der Waals surface area contributed by atoms with E-state index < -0.39 is 0 Å². The first-order valence-corrected chi connectivity index (χ1v) is 10.1. The molecule has 1 fully saturated rings. The van der Waals surface area contributed by atoms with Crippen molar-refractivity contribution < 1.29 is 26.2 Å². The first kappa shape index (κ1) is 34.8. The van der Waals surface area contributed by atoms with E-state index in [1.807, 2.05) is 0 Å². The Morgan fingerprint density at radius 3 is 1.44 bits per heavy atom. The molecule has 0 amide bonds. The Morgan fingerprint density at radius 2 is 1.15 bits per heavy atom. The molecule has 0 aromatic heterocycles. The Bertz CT molecular complexity index is 416. The van der Waals surface area contributed by atoms with E-state index in [-0.39, 0.29) is 48.5 Å². The maximum Gasteiger partial charge on any atom is 4.00 e. The van der Waals surface area contributed by atoms with Gasteiger partial charge in [-0.3, -0.25) is 0 Å². The van der Waals surface area contributed by atoms with Crippen molar-refractivity contribution in [1.29, 1.82) is 0 Å². The average Bonchev–Trinajstić information content (AvgIpc) is 3.25. The van der Waals surface area contributed by atoms with Crippen molar-refractivity contribution in [2.75, 3.05) is 0 Å². The number of unbranched alkanes of at least 4 members (excludes halogenated alkanes) is 1. The molecule has 4 unspecified atom stereocenters. The first-order chi connectivity index (χ1) is 10.9. The Morgan fingerprint density at radius 1 is 0.778 bits per heavy atom. The summed E-state index contributed by atoms with van der Waals surface area (Å²) >= 11 is 0. The molecule has 4 atom stereocenters. The number of rotatable bonds is 1. The van der Waals surface area contributed by atoms with Crippen LogP contribution in [0.2, 0.25) is 0 Å². The van der Waals surface area contributed by atoms with Gasteiger partial charge in [0.05, 0.1) is 0 Å². The normalized spacial score (nSPS) is 27.6. The summed E-state index contributed by atoms with van der Waals surface area (Å²) in [6.07, 6.45) is 9.78. The maximum absolute atomic E-state index is 3.60. The quantitative estimate of drug-likeness (QED) is 0.347. The van der Waals surface area contributed by atoms with Crippen molar-refractivity contribution in [3.63, 3.8) is 0 Å². The topological polar surface area (TPSA) is 0 Å². The van der Waals surface area contributed by atoms with E-state index in [1.54, 1.807) is 22.3 Å². The predicted octanol–water partition coefficient (Wildman–Crippen LogP) is 9.11. The molecule has 3 aliphatic carbocycles. The number of hydrogen-bond donors (Lipinski definition) is 0. The van der Waals surface area contributed by atoms with Crippen LogP contribution in [0.5, 0.6) is 0 Å². The smallest absolute Gasteiger partial charge is 0.358 e. The van der Waals surface area contributed by atoms with Gasteiger partial charge in [-0.2, -0.15) is 6.42 Å². The second-order valence-corrected chi connectivity index (χ2v) is 7.99. The van der Waals surface area contributed by atoms with Gasteiger partial charge >= 0.3 is 26.2 Å². The molecular formula is C26H50Zr. The van der Waals surface area contributed by atoms with Gasteiger partial charge in [0.2, 0.25) is 0 Å². The van der Waals surface area contributed by atoms with Crippen molar-refractivity contribution >= 4 is 0 Å². The van der Waals surface area contributed by atoms with Gasteiger partial charge in [-0.05, 0) is 55.6 Å². The third kappa shape index (κ3) is 8.72. The van der Waals surface area contributed by atoms with Crippen LogP contribution in [0, 0.1) is 52.9 Å². The third-order valence-corrected chi connectivity index (χ3v) is 6.62. The second-order valence-electron chi connectivity index (χ2n) is 7.99. The van der Waals surface area contributed by atoms with Crippen LogP contribution in [0.25, 0.3) is 0 Å². The van der Waals surface area contributed by atoms with Crippen LogP contribution < -0.4 is 0 Å². The summed E-state index contributed by atoms with van der Waals surface area (Å²) in [5.74, 6) is 3.23. The zero-order chi connectivity index (χ0) is 17.6. The van der Waals surface area contributed by atoms with Crippen molar-refractivity contribution in [3.8, 4) is 0 Å². The van der Waals surface area contributed by atoms with Gasteiger partial charge in [-0.25, -0.2) is 0 Å². The van der Waals surface area contributed by atoms with E-state index in [2.05, 4.69) is 55.4 Å². The predicted molar refractivity (Wildman–Crippen MR) is 125 cm³/mol. The van der Waals surface area contributed by atoms with E-state index >= 15 is 0 Å².